The minimum absolute atomic E-state index is 0.234. The third-order valence-corrected chi connectivity index (χ3v) is 4.88. The minimum atomic E-state index is -3.51. The van der Waals surface area contributed by atoms with Crippen molar-refractivity contribution in [3.63, 3.8) is 0 Å². The van der Waals surface area contributed by atoms with E-state index < -0.39 is 10.0 Å². The Morgan fingerprint density at radius 1 is 1.45 bits per heavy atom. The van der Waals surface area contributed by atoms with Crippen molar-refractivity contribution in [1.29, 1.82) is 0 Å². The molecule has 110 valence electrons. The summed E-state index contributed by atoms with van der Waals surface area (Å²) in [4.78, 5) is 3.23. The molecular weight excluding hydrogens is 278 g/mol. The number of hydrogen-bond acceptors (Lipinski definition) is 4. The predicted molar refractivity (Wildman–Crippen MR) is 75.5 cm³/mol. The predicted octanol–water partition coefficient (Wildman–Crippen LogP) is 1.54. The van der Waals surface area contributed by atoms with Gasteiger partial charge < -0.3 is 14.7 Å². The average molecular weight is 297 g/mol. The normalized spacial score (nSPS) is 12.2. The molecule has 0 spiro atoms. The van der Waals surface area contributed by atoms with Gasteiger partial charge in [-0.1, -0.05) is 6.92 Å². The Hall–Kier alpha value is -1.57. The third-order valence-electron chi connectivity index (χ3n) is 2.99. The molecular formula is C13H19N3O3S. The van der Waals surface area contributed by atoms with Crippen molar-refractivity contribution in [3.8, 4) is 0 Å². The van der Waals surface area contributed by atoms with Gasteiger partial charge in [0, 0.05) is 25.0 Å². The van der Waals surface area contributed by atoms with Crippen LogP contribution in [-0.2, 0) is 23.1 Å². The van der Waals surface area contributed by atoms with Gasteiger partial charge in [0.05, 0.1) is 17.7 Å². The number of sulfonamides is 1. The van der Waals surface area contributed by atoms with E-state index in [-0.39, 0.29) is 11.4 Å². The molecule has 2 N–H and O–H groups in total. The van der Waals surface area contributed by atoms with Gasteiger partial charge in [0.15, 0.2) is 0 Å². The molecule has 0 saturated carbocycles. The Labute approximate surface area is 118 Å². The van der Waals surface area contributed by atoms with Crippen molar-refractivity contribution in [2.45, 2.75) is 24.9 Å². The standard InChI is InChI=1S/C13H19N3O3S/c1-3-16(10-12-5-4-6-19-12)20(17,18)13-7-11(8-14-2)15-9-13/h4-7,9,14-15H,3,8,10H2,1-2H3. The van der Waals surface area contributed by atoms with E-state index in [9.17, 15) is 8.42 Å². The molecule has 2 heterocycles. The second kappa shape index (κ2) is 6.25. The summed E-state index contributed by atoms with van der Waals surface area (Å²) in [6, 6.07) is 5.16. The monoisotopic (exact) mass is 297 g/mol. The highest BCUT2D eigenvalue weighted by atomic mass is 32.2. The smallest absolute Gasteiger partial charge is 0.244 e. The first-order valence-electron chi connectivity index (χ1n) is 6.42. The topological polar surface area (TPSA) is 78.3 Å². The zero-order valence-corrected chi connectivity index (χ0v) is 12.4. The first kappa shape index (κ1) is 14.8. The minimum Gasteiger partial charge on any atom is -0.468 e. The van der Waals surface area contributed by atoms with Gasteiger partial charge in [0.25, 0.3) is 0 Å². The highest BCUT2D eigenvalue weighted by Gasteiger charge is 2.25. The molecule has 0 bridgehead atoms. The van der Waals surface area contributed by atoms with Crippen LogP contribution in [0, 0.1) is 0 Å². The maximum absolute atomic E-state index is 12.6. The van der Waals surface area contributed by atoms with Crippen LogP contribution in [-0.4, -0.2) is 31.3 Å². The van der Waals surface area contributed by atoms with Crippen LogP contribution in [0.1, 0.15) is 18.4 Å². The molecule has 0 amide bonds. The van der Waals surface area contributed by atoms with E-state index in [1.807, 2.05) is 14.0 Å². The number of hydrogen-bond donors (Lipinski definition) is 2. The number of furan rings is 1. The Kier molecular flexibility index (Phi) is 4.64. The zero-order valence-electron chi connectivity index (χ0n) is 11.6. The van der Waals surface area contributed by atoms with Gasteiger partial charge in [-0.25, -0.2) is 8.42 Å². The van der Waals surface area contributed by atoms with Gasteiger partial charge >= 0.3 is 0 Å². The lowest BCUT2D eigenvalue weighted by molar-refractivity contribution is 0.375. The molecule has 0 fully saturated rings. The highest BCUT2D eigenvalue weighted by Crippen LogP contribution is 2.19. The fourth-order valence-corrected chi connectivity index (χ4v) is 3.39. The van der Waals surface area contributed by atoms with Crippen LogP contribution in [0.4, 0.5) is 0 Å². The van der Waals surface area contributed by atoms with Gasteiger partial charge in [0.1, 0.15) is 5.76 Å². The lowest BCUT2D eigenvalue weighted by Gasteiger charge is -2.18. The number of nitrogens with one attached hydrogen (secondary N) is 2. The Balaban J connectivity index is 2.21. The van der Waals surface area contributed by atoms with E-state index in [0.717, 1.165) is 5.69 Å². The first-order chi connectivity index (χ1) is 9.57. The maximum atomic E-state index is 12.6. The van der Waals surface area contributed by atoms with Gasteiger partial charge in [-0.05, 0) is 25.2 Å². The van der Waals surface area contributed by atoms with Crippen LogP contribution in [0.25, 0.3) is 0 Å². The van der Waals surface area contributed by atoms with Crippen molar-refractivity contribution >= 4 is 10.0 Å². The molecule has 2 aromatic heterocycles. The van der Waals surface area contributed by atoms with Crippen molar-refractivity contribution < 1.29 is 12.8 Å². The van der Waals surface area contributed by atoms with Crippen LogP contribution >= 0.6 is 0 Å². The molecule has 7 heteroatoms. The number of nitrogens with zero attached hydrogens (tertiary/aromatic N) is 1. The molecule has 0 aliphatic heterocycles. The van der Waals surface area contributed by atoms with Crippen molar-refractivity contribution in [2.75, 3.05) is 13.6 Å². The Morgan fingerprint density at radius 3 is 2.85 bits per heavy atom. The summed E-state index contributed by atoms with van der Waals surface area (Å²) in [5.41, 5.74) is 0.833. The van der Waals surface area contributed by atoms with E-state index >= 15 is 0 Å². The maximum Gasteiger partial charge on any atom is 0.244 e. The molecule has 20 heavy (non-hydrogen) atoms. The van der Waals surface area contributed by atoms with E-state index in [0.29, 0.717) is 18.8 Å². The summed E-state index contributed by atoms with van der Waals surface area (Å²) in [5.74, 6) is 0.626. The molecule has 2 rings (SSSR count). The fourth-order valence-electron chi connectivity index (χ4n) is 1.95. The molecule has 0 radical (unpaired) electrons. The second-order valence-electron chi connectivity index (χ2n) is 4.40. The van der Waals surface area contributed by atoms with Crippen LogP contribution < -0.4 is 5.32 Å². The van der Waals surface area contributed by atoms with Gasteiger partial charge in [-0.2, -0.15) is 4.31 Å². The van der Waals surface area contributed by atoms with Gasteiger partial charge in [0.2, 0.25) is 10.0 Å². The summed E-state index contributed by atoms with van der Waals surface area (Å²) in [6.07, 6.45) is 3.06. The molecule has 2 aromatic rings. The summed E-state index contributed by atoms with van der Waals surface area (Å²) in [7, 11) is -1.70. The van der Waals surface area contributed by atoms with Crippen molar-refractivity contribution in [2.24, 2.45) is 0 Å². The summed E-state index contributed by atoms with van der Waals surface area (Å²) < 4.78 is 31.7. The van der Waals surface area contributed by atoms with Crippen molar-refractivity contribution in [3.05, 3.63) is 42.1 Å². The molecule has 6 nitrogen and oxygen atoms in total. The molecule has 0 aliphatic rings. The van der Waals surface area contributed by atoms with Crippen LogP contribution in [0.15, 0.2) is 40.0 Å². The molecule has 0 atom stereocenters. The number of aromatic nitrogens is 1. The summed E-state index contributed by atoms with van der Waals surface area (Å²) in [5, 5.41) is 2.97. The van der Waals surface area contributed by atoms with Gasteiger partial charge in [-0.3, -0.25) is 0 Å². The van der Waals surface area contributed by atoms with Gasteiger partial charge in [-0.15, -0.1) is 0 Å². The molecule has 0 unspecified atom stereocenters. The SMILES string of the molecule is CCN(Cc1ccco1)S(=O)(=O)c1c[nH]c(CNC)c1. The van der Waals surface area contributed by atoms with E-state index in [1.54, 1.807) is 18.2 Å². The van der Waals surface area contributed by atoms with Crippen LogP contribution in [0.5, 0.6) is 0 Å². The fraction of sp³-hybridized carbons (Fsp3) is 0.385. The number of aromatic amines is 1. The molecule has 0 saturated heterocycles. The van der Waals surface area contributed by atoms with Crippen molar-refractivity contribution in [1.82, 2.24) is 14.6 Å². The van der Waals surface area contributed by atoms with Crippen LogP contribution in [0.3, 0.4) is 0 Å². The lowest BCUT2D eigenvalue weighted by Crippen LogP contribution is -2.30. The summed E-state index contributed by atoms with van der Waals surface area (Å²) >= 11 is 0. The Bertz CT molecular complexity index is 632. The second-order valence-corrected chi connectivity index (χ2v) is 6.34. The number of H-pyrrole nitrogens is 1. The largest absolute Gasteiger partial charge is 0.468 e. The zero-order chi connectivity index (χ0) is 14.6. The number of rotatable bonds is 7. The lowest BCUT2D eigenvalue weighted by atomic mass is 10.4. The molecule has 0 aliphatic carbocycles. The van der Waals surface area contributed by atoms with Crippen LogP contribution in [0.2, 0.25) is 0 Å². The average Bonchev–Trinajstić information content (AvgIpc) is 3.07. The first-order valence-corrected chi connectivity index (χ1v) is 7.86. The third kappa shape index (κ3) is 3.12. The molecule has 0 aromatic carbocycles. The van der Waals surface area contributed by atoms with E-state index in [2.05, 4.69) is 10.3 Å². The van der Waals surface area contributed by atoms with E-state index in [1.165, 1.54) is 16.8 Å². The Morgan fingerprint density at radius 2 is 2.25 bits per heavy atom. The quantitative estimate of drug-likeness (QED) is 0.812. The van der Waals surface area contributed by atoms with E-state index in [4.69, 9.17) is 4.42 Å². The highest BCUT2D eigenvalue weighted by molar-refractivity contribution is 7.89. The summed E-state index contributed by atoms with van der Waals surface area (Å²) in [6.45, 7) is 3.02.